The number of benzene rings is 1. The molecule has 1 aromatic carbocycles. The number of nitrogens with zero attached hydrogens (tertiary/aromatic N) is 2. The number of pyridine rings is 1. The van der Waals surface area contributed by atoms with Crippen molar-refractivity contribution in [3.8, 4) is 0 Å². The van der Waals surface area contributed by atoms with E-state index in [0.29, 0.717) is 29.6 Å². The van der Waals surface area contributed by atoms with E-state index in [0.717, 1.165) is 42.7 Å². The molecule has 2 radical (unpaired) electrons. The molecule has 2 heterocycles. The summed E-state index contributed by atoms with van der Waals surface area (Å²) in [5, 5.41) is 9.64. The fourth-order valence-corrected chi connectivity index (χ4v) is 3.85. The Morgan fingerprint density at radius 2 is 1.88 bits per heavy atom. The molecular weight excluding hydrogens is 415 g/mol. The molecule has 33 heavy (non-hydrogen) atoms. The predicted molar refractivity (Wildman–Crippen MR) is 133 cm³/mol. The molecule has 0 fully saturated rings. The van der Waals surface area contributed by atoms with Gasteiger partial charge >= 0.3 is 11.6 Å². The summed E-state index contributed by atoms with van der Waals surface area (Å²) in [6.07, 6.45) is 7.99. The van der Waals surface area contributed by atoms with Crippen LogP contribution in [-0.4, -0.2) is 32.0 Å². The SMILES string of the molecule is [B]c1ccc(/C=C/c2cc3ccc(N(CC)CC)cc3oc2=O)[n+](CCCCCC(=O)O)c1. The van der Waals surface area contributed by atoms with Crippen LogP contribution in [0.5, 0.6) is 0 Å². The first-order valence-electron chi connectivity index (χ1n) is 11.4. The molecule has 0 unspecified atom stereocenters. The quantitative estimate of drug-likeness (QED) is 0.212. The van der Waals surface area contributed by atoms with Gasteiger partial charge in [-0.15, -0.1) is 0 Å². The van der Waals surface area contributed by atoms with Crippen molar-refractivity contribution >= 4 is 48.1 Å². The molecule has 1 N–H and O–H groups in total. The first-order chi connectivity index (χ1) is 15.9. The van der Waals surface area contributed by atoms with Gasteiger partial charge in [-0.2, -0.15) is 4.57 Å². The third-order valence-corrected chi connectivity index (χ3v) is 5.68. The molecule has 0 atom stereocenters. The second kappa shape index (κ2) is 11.5. The highest BCUT2D eigenvalue weighted by Crippen LogP contribution is 2.22. The summed E-state index contributed by atoms with van der Waals surface area (Å²) >= 11 is 0. The Morgan fingerprint density at radius 3 is 2.61 bits per heavy atom. The molecule has 0 aliphatic rings. The van der Waals surface area contributed by atoms with Crippen LogP contribution in [0, 0.1) is 0 Å². The van der Waals surface area contributed by atoms with E-state index in [-0.39, 0.29) is 12.0 Å². The van der Waals surface area contributed by atoms with Crippen molar-refractivity contribution in [2.75, 3.05) is 18.0 Å². The van der Waals surface area contributed by atoms with Crippen LogP contribution in [0.25, 0.3) is 23.1 Å². The van der Waals surface area contributed by atoms with E-state index < -0.39 is 5.97 Å². The van der Waals surface area contributed by atoms with Gasteiger partial charge in [-0.05, 0) is 56.4 Å². The van der Waals surface area contributed by atoms with Crippen molar-refractivity contribution < 1.29 is 18.9 Å². The van der Waals surface area contributed by atoms with E-state index in [1.165, 1.54) is 0 Å². The average Bonchev–Trinajstić information content (AvgIpc) is 2.79. The van der Waals surface area contributed by atoms with Gasteiger partial charge in [-0.3, -0.25) is 4.79 Å². The minimum Gasteiger partial charge on any atom is -0.481 e. The molecule has 0 bridgehead atoms. The molecular formula is C26H30BN2O4+. The highest BCUT2D eigenvalue weighted by atomic mass is 16.4. The van der Waals surface area contributed by atoms with E-state index in [1.54, 1.807) is 6.08 Å². The van der Waals surface area contributed by atoms with Crippen molar-refractivity contribution in [3.05, 3.63) is 64.3 Å². The fraction of sp³-hybridized carbons (Fsp3) is 0.346. The third kappa shape index (κ3) is 6.57. The molecule has 2 aromatic heterocycles. The van der Waals surface area contributed by atoms with Gasteiger partial charge < -0.3 is 14.4 Å². The number of fused-ring (bicyclic) bond motifs is 1. The van der Waals surface area contributed by atoms with E-state index >= 15 is 0 Å². The first-order valence-corrected chi connectivity index (χ1v) is 11.4. The zero-order valence-electron chi connectivity index (χ0n) is 19.3. The maximum Gasteiger partial charge on any atom is 0.343 e. The van der Waals surface area contributed by atoms with E-state index in [9.17, 15) is 9.59 Å². The molecule has 3 aromatic rings. The lowest BCUT2D eigenvalue weighted by molar-refractivity contribution is -0.698. The maximum absolute atomic E-state index is 12.6. The number of hydrogen-bond donors (Lipinski definition) is 1. The number of aliphatic carboxylic acids is 1. The summed E-state index contributed by atoms with van der Waals surface area (Å²) in [6.45, 7) is 6.67. The Bertz CT molecular complexity index is 1200. The van der Waals surface area contributed by atoms with E-state index in [2.05, 4.69) is 18.7 Å². The van der Waals surface area contributed by atoms with Crippen molar-refractivity contribution in [3.63, 3.8) is 0 Å². The Labute approximate surface area is 195 Å². The summed E-state index contributed by atoms with van der Waals surface area (Å²) in [4.78, 5) is 25.5. The Hall–Kier alpha value is -3.35. The normalized spacial score (nSPS) is 11.3. The Morgan fingerprint density at radius 1 is 1.09 bits per heavy atom. The molecule has 6 nitrogen and oxygen atoms in total. The number of aryl methyl sites for hydroxylation is 1. The highest BCUT2D eigenvalue weighted by molar-refractivity contribution is 6.31. The first kappa shape index (κ1) is 24.3. The van der Waals surface area contributed by atoms with Crippen LogP contribution in [-0.2, 0) is 11.3 Å². The Kier molecular flexibility index (Phi) is 8.47. The van der Waals surface area contributed by atoms with Gasteiger partial charge in [-0.25, -0.2) is 4.79 Å². The predicted octanol–water partition coefficient (Wildman–Crippen LogP) is 3.54. The molecule has 0 spiro atoms. The number of rotatable bonds is 11. The highest BCUT2D eigenvalue weighted by Gasteiger charge is 2.10. The number of carboxylic acids is 1. The van der Waals surface area contributed by atoms with Gasteiger partial charge in [0.15, 0.2) is 6.20 Å². The fourth-order valence-electron chi connectivity index (χ4n) is 3.85. The van der Waals surface area contributed by atoms with Gasteiger partial charge in [0.25, 0.3) is 0 Å². The lowest BCUT2D eigenvalue weighted by Gasteiger charge is -2.20. The number of anilines is 1. The molecule has 0 aliphatic heterocycles. The van der Waals surface area contributed by atoms with Crippen LogP contribution >= 0.6 is 0 Å². The van der Waals surface area contributed by atoms with Gasteiger partial charge in [-0.1, -0.05) is 6.07 Å². The van der Waals surface area contributed by atoms with E-state index in [1.807, 2.05) is 53.2 Å². The van der Waals surface area contributed by atoms with Crippen LogP contribution in [0.4, 0.5) is 5.69 Å². The molecule has 0 saturated heterocycles. The van der Waals surface area contributed by atoms with Crippen LogP contribution in [0.3, 0.4) is 0 Å². The van der Waals surface area contributed by atoms with Crippen molar-refractivity contribution in [2.24, 2.45) is 0 Å². The average molecular weight is 445 g/mol. The van der Waals surface area contributed by atoms with Gasteiger partial charge in [0, 0.05) is 55.2 Å². The summed E-state index contributed by atoms with van der Waals surface area (Å²) in [5.41, 5.74) is 3.25. The van der Waals surface area contributed by atoms with Crippen LogP contribution in [0.1, 0.15) is 50.8 Å². The topological polar surface area (TPSA) is 74.6 Å². The minimum atomic E-state index is -0.770. The zero-order chi connectivity index (χ0) is 23.8. The van der Waals surface area contributed by atoms with Gasteiger partial charge in [0.05, 0.1) is 5.56 Å². The summed E-state index contributed by atoms with van der Waals surface area (Å²) in [5.74, 6) is -0.770. The largest absolute Gasteiger partial charge is 0.481 e. The second-order valence-corrected chi connectivity index (χ2v) is 8.00. The van der Waals surface area contributed by atoms with Crippen LogP contribution < -0.4 is 20.6 Å². The molecule has 0 amide bonds. The molecule has 0 saturated carbocycles. The third-order valence-electron chi connectivity index (χ3n) is 5.68. The summed E-state index contributed by atoms with van der Waals surface area (Å²) < 4.78 is 7.63. The number of carboxylic acid groups (broad SMARTS) is 1. The molecule has 170 valence electrons. The van der Waals surface area contributed by atoms with Crippen molar-refractivity contribution in [1.29, 1.82) is 0 Å². The second-order valence-electron chi connectivity index (χ2n) is 8.00. The van der Waals surface area contributed by atoms with Crippen LogP contribution in [0.15, 0.2) is 51.8 Å². The lowest BCUT2D eigenvalue weighted by atomic mass is 9.98. The maximum atomic E-state index is 12.6. The monoisotopic (exact) mass is 445 g/mol. The Balaban J connectivity index is 1.80. The van der Waals surface area contributed by atoms with Crippen LogP contribution in [0.2, 0.25) is 0 Å². The van der Waals surface area contributed by atoms with Gasteiger partial charge in [0.1, 0.15) is 20.0 Å². The van der Waals surface area contributed by atoms with Crippen molar-refractivity contribution in [1.82, 2.24) is 0 Å². The lowest BCUT2D eigenvalue weighted by Crippen LogP contribution is -2.40. The van der Waals surface area contributed by atoms with E-state index in [4.69, 9.17) is 17.4 Å². The standard InChI is InChI=1S/C26H29BN2O4/c1-3-28(4-2)23-13-9-19-16-20(26(32)33-24(19)17-23)10-12-22-14-11-21(27)18-29(22)15-7-5-6-8-25(30)31/h9-14,16-18H,3-8,15H2,1-2H3/p+1. The number of aromatic nitrogens is 1. The minimum absolute atomic E-state index is 0.183. The van der Waals surface area contributed by atoms with Gasteiger partial charge in [0.2, 0.25) is 5.69 Å². The van der Waals surface area contributed by atoms with Crippen molar-refractivity contribution in [2.45, 2.75) is 46.1 Å². The smallest absolute Gasteiger partial charge is 0.343 e. The molecule has 3 rings (SSSR count). The number of hydrogen-bond acceptors (Lipinski definition) is 4. The molecule has 7 heteroatoms. The number of carbonyl (C=O) groups is 1. The summed E-state index contributed by atoms with van der Waals surface area (Å²) in [7, 11) is 5.95. The number of unbranched alkanes of at least 4 members (excludes halogenated alkanes) is 2. The summed E-state index contributed by atoms with van der Waals surface area (Å²) in [6, 6.07) is 11.5. The molecule has 0 aliphatic carbocycles. The zero-order valence-corrected chi connectivity index (χ0v) is 19.3.